The molecule has 1 fully saturated rings. The standard InChI is InChI=1S/C15H18N2O2S2/c1-11-7-8-15(20-11)21(18,19)17-9-13(14(16)10-17)12-5-3-2-4-6-12/h2-8,13-14H,9-10,16H2,1H3/t13-,14+/m0/s1. The Morgan fingerprint density at radius 1 is 1.14 bits per heavy atom. The van der Waals surface area contributed by atoms with Crippen molar-refractivity contribution in [1.82, 2.24) is 4.31 Å². The number of hydrogen-bond donors (Lipinski definition) is 1. The van der Waals surface area contributed by atoms with Crippen LogP contribution < -0.4 is 5.73 Å². The van der Waals surface area contributed by atoms with Gasteiger partial charge in [0.15, 0.2) is 0 Å². The van der Waals surface area contributed by atoms with E-state index < -0.39 is 10.0 Å². The second-order valence-electron chi connectivity index (χ2n) is 5.37. The molecule has 1 aromatic carbocycles. The Morgan fingerprint density at radius 2 is 1.86 bits per heavy atom. The number of aryl methyl sites for hydroxylation is 1. The maximum absolute atomic E-state index is 12.7. The topological polar surface area (TPSA) is 63.4 Å². The molecule has 21 heavy (non-hydrogen) atoms. The predicted molar refractivity (Wildman–Crippen MR) is 85.0 cm³/mol. The molecule has 3 rings (SSSR count). The van der Waals surface area contributed by atoms with Crippen LogP contribution in [0.2, 0.25) is 0 Å². The third kappa shape index (κ3) is 2.76. The molecular weight excluding hydrogens is 304 g/mol. The average Bonchev–Trinajstić information content (AvgIpc) is 3.07. The van der Waals surface area contributed by atoms with Crippen molar-refractivity contribution in [2.24, 2.45) is 5.73 Å². The highest BCUT2D eigenvalue weighted by molar-refractivity contribution is 7.91. The zero-order chi connectivity index (χ0) is 15.0. The highest BCUT2D eigenvalue weighted by atomic mass is 32.2. The fourth-order valence-corrected chi connectivity index (χ4v) is 5.66. The molecule has 2 aromatic rings. The van der Waals surface area contributed by atoms with E-state index in [9.17, 15) is 8.42 Å². The van der Waals surface area contributed by atoms with E-state index in [1.807, 2.05) is 43.3 Å². The minimum atomic E-state index is -3.42. The van der Waals surface area contributed by atoms with Crippen molar-refractivity contribution in [3.8, 4) is 0 Å². The molecule has 1 aromatic heterocycles. The normalized spacial score (nSPS) is 23.5. The SMILES string of the molecule is Cc1ccc(S(=O)(=O)N2C[C@@H](N)[C@H](c3ccccc3)C2)s1. The molecular formula is C15H18N2O2S2. The van der Waals surface area contributed by atoms with Crippen LogP contribution in [0.4, 0.5) is 0 Å². The molecule has 0 aliphatic carbocycles. The van der Waals surface area contributed by atoms with Crippen LogP contribution in [-0.2, 0) is 10.0 Å². The quantitative estimate of drug-likeness (QED) is 0.942. The maximum Gasteiger partial charge on any atom is 0.252 e. The summed E-state index contributed by atoms with van der Waals surface area (Å²) in [7, 11) is -3.42. The monoisotopic (exact) mass is 322 g/mol. The first-order valence-electron chi connectivity index (χ1n) is 6.85. The van der Waals surface area contributed by atoms with Gasteiger partial charge in [-0.15, -0.1) is 11.3 Å². The van der Waals surface area contributed by atoms with Gasteiger partial charge in [-0.3, -0.25) is 0 Å². The molecule has 4 nitrogen and oxygen atoms in total. The second-order valence-corrected chi connectivity index (χ2v) is 8.82. The highest BCUT2D eigenvalue weighted by Crippen LogP contribution is 2.32. The van der Waals surface area contributed by atoms with Crippen LogP contribution >= 0.6 is 11.3 Å². The van der Waals surface area contributed by atoms with Gasteiger partial charge in [-0.1, -0.05) is 30.3 Å². The number of rotatable bonds is 3. The minimum Gasteiger partial charge on any atom is -0.326 e. The van der Waals surface area contributed by atoms with Gasteiger partial charge in [0.05, 0.1) is 0 Å². The van der Waals surface area contributed by atoms with Gasteiger partial charge in [-0.2, -0.15) is 4.31 Å². The average molecular weight is 322 g/mol. The van der Waals surface area contributed by atoms with Gasteiger partial charge in [-0.05, 0) is 24.6 Å². The number of sulfonamides is 1. The summed E-state index contributed by atoms with van der Waals surface area (Å²) in [6.07, 6.45) is 0. The first-order valence-corrected chi connectivity index (χ1v) is 9.11. The highest BCUT2D eigenvalue weighted by Gasteiger charge is 2.38. The predicted octanol–water partition coefficient (Wildman–Crippen LogP) is 2.17. The molecule has 112 valence electrons. The number of benzene rings is 1. The minimum absolute atomic E-state index is 0.0574. The van der Waals surface area contributed by atoms with E-state index >= 15 is 0 Å². The van der Waals surface area contributed by atoms with E-state index in [0.717, 1.165) is 10.4 Å². The molecule has 0 spiro atoms. The fourth-order valence-electron chi connectivity index (χ4n) is 2.72. The van der Waals surface area contributed by atoms with Crippen molar-refractivity contribution in [2.75, 3.05) is 13.1 Å². The summed E-state index contributed by atoms with van der Waals surface area (Å²) in [6, 6.07) is 13.2. The van der Waals surface area contributed by atoms with Crippen LogP contribution in [0.5, 0.6) is 0 Å². The lowest BCUT2D eigenvalue weighted by Crippen LogP contribution is -2.31. The van der Waals surface area contributed by atoms with E-state index in [0.29, 0.717) is 17.3 Å². The third-order valence-electron chi connectivity index (χ3n) is 3.87. The summed E-state index contributed by atoms with van der Waals surface area (Å²) in [4.78, 5) is 0.997. The van der Waals surface area contributed by atoms with Crippen LogP contribution in [0.1, 0.15) is 16.4 Å². The van der Waals surface area contributed by atoms with Gasteiger partial charge in [0, 0.05) is 29.9 Å². The lowest BCUT2D eigenvalue weighted by atomic mass is 9.95. The Kier molecular flexibility index (Phi) is 3.88. The van der Waals surface area contributed by atoms with Gasteiger partial charge in [0.25, 0.3) is 10.0 Å². The van der Waals surface area contributed by atoms with Crippen molar-refractivity contribution in [3.05, 3.63) is 52.9 Å². The summed E-state index contributed by atoms with van der Waals surface area (Å²) < 4.78 is 27.2. The van der Waals surface area contributed by atoms with E-state index in [1.165, 1.54) is 15.6 Å². The summed E-state index contributed by atoms with van der Waals surface area (Å²) in [5.41, 5.74) is 7.28. The zero-order valence-corrected chi connectivity index (χ0v) is 13.4. The second kappa shape index (κ2) is 5.53. The molecule has 0 saturated carbocycles. The first-order chi connectivity index (χ1) is 9.98. The van der Waals surface area contributed by atoms with Crippen LogP contribution in [0, 0.1) is 6.92 Å². The molecule has 2 N–H and O–H groups in total. The van der Waals surface area contributed by atoms with Crippen molar-refractivity contribution >= 4 is 21.4 Å². The van der Waals surface area contributed by atoms with Crippen LogP contribution in [-0.4, -0.2) is 31.9 Å². The van der Waals surface area contributed by atoms with Gasteiger partial charge in [0.1, 0.15) is 4.21 Å². The number of thiophene rings is 1. The van der Waals surface area contributed by atoms with Gasteiger partial charge < -0.3 is 5.73 Å². The molecule has 0 unspecified atom stereocenters. The van der Waals surface area contributed by atoms with E-state index in [4.69, 9.17) is 5.73 Å². The summed E-state index contributed by atoms with van der Waals surface area (Å²) in [6.45, 7) is 2.73. The smallest absolute Gasteiger partial charge is 0.252 e. The summed E-state index contributed by atoms with van der Waals surface area (Å²) in [5.74, 6) is 0.0574. The van der Waals surface area contributed by atoms with Gasteiger partial charge in [-0.25, -0.2) is 8.42 Å². The Morgan fingerprint density at radius 3 is 2.48 bits per heavy atom. The van der Waals surface area contributed by atoms with Crippen LogP contribution in [0.25, 0.3) is 0 Å². The largest absolute Gasteiger partial charge is 0.326 e. The lowest BCUT2D eigenvalue weighted by Gasteiger charge is -2.15. The number of nitrogens with zero attached hydrogens (tertiary/aromatic N) is 1. The van der Waals surface area contributed by atoms with E-state index in [1.54, 1.807) is 6.07 Å². The summed E-state index contributed by atoms with van der Waals surface area (Å²) in [5, 5.41) is 0. The van der Waals surface area contributed by atoms with Gasteiger partial charge >= 0.3 is 0 Å². The first kappa shape index (κ1) is 14.7. The van der Waals surface area contributed by atoms with Crippen molar-refractivity contribution in [3.63, 3.8) is 0 Å². The molecule has 1 aliphatic rings. The van der Waals surface area contributed by atoms with Crippen molar-refractivity contribution in [2.45, 2.75) is 23.1 Å². The Labute approximate surface area is 129 Å². The third-order valence-corrected chi connectivity index (χ3v) is 7.17. The molecule has 0 amide bonds. The molecule has 1 saturated heterocycles. The number of nitrogens with two attached hydrogens (primary N) is 1. The van der Waals surface area contributed by atoms with Gasteiger partial charge in [0.2, 0.25) is 0 Å². The molecule has 0 radical (unpaired) electrons. The maximum atomic E-state index is 12.7. The lowest BCUT2D eigenvalue weighted by molar-refractivity contribution is 0.472. The van der Waals surface area contributed by atoms with Crippen molar-refractivity contribution in [1.29, 1.82) is 0 Å². The van der Waals surface area contributed by atoms with E-state index in [2.05, 4.69) is 0 Å². The van der Waals surface area contributed by atoms with Crippen molar-refractivity contribution < 1.29 is 8.42 Å². The fraction of sp³-hybridized carbons (Fsp3) is 0.333. The Balaban J connectivity index is 1.86. The zero-order valence-electron chi connectivity index (χ0n) is 11.8. The Hall–Kier alpha value is -1.21. The molecule has 1 aliphatic heterocycles. The number of hydrogen-bond acceptors (Lipinski definition) is 4. The summed E-state index contributed by atoms with van der Waals surface area (Å²) >= 11 is 1.31. The van der Waals surface area contributed by atoms with E-state index in [-0.39, 0.29) is 12.0 Å². The molecule has 6 heteroatoms. The molecule has 2 atom stereocenters. The van der Waals surface area contributed by atoms with Crippen LogP contribution in [0.3, 0.4) is 0 Å². The molecule has 2 heterocycles. The van der Waals surface area contributed by atoms with Crippen LogP contribution in [0.15, 0.2) is 46.7 Å². The molecule has 0 bridgehead atoms. The Bertz CT molecular complexity index is 725.